The molecule has 1 N–H and O–H groups in total. The summed E-state index contributed by atoms with van der Waals surface area (Å²) in [7, 11) is 0. The van der Waals surface area contributed by atoms with Crippen molar-refractivity contribution in [2.45, 2.75) is 6.92 Å². The Kier molecular flexibility index (Phi) is 5.69. The lowest BCUT2D eigenvalue weighted by Crippen LogP contribution is -2.50. The van der Waals surface area contributed by atoms with Crippen molar-refractivity contribution in [1.29, 1.82) is 5.41 Å². The quantitative estimate of drug-likeness (QED) is 0.660. The van der Waals surface area contributed by atoms with Gasteiger partial charge in [0.15, 0.2) is 5.76 Å². The van der Waals surface area contributed by atoms with Crippen LogP contribution in [0.2, 0.25) is 0 Å². The van der Waals surface area contributed by atoms with Crippen molar-refractivity contribution >= 4 is 24.3 Å². The van der Waals surface area contributed by atoms with Gasteiger partial charge in [0.05, 0.1) is 12.9 Å². The number of amides is 1. The molecule has 0 radical (unpaired) electrons. The lowest BCUT2D eigenvalue weighted by atomic mass is 10.3. The Bertz CT molecular complexity index is 414. The number of nitrogens with one attached hydrogen (secondary N) is 1. The summed E-state index contributed by atoms with van der Waals surface area (Å²) in [6.45, 7) is 4.73. The zero-order valence-electron chi connectivity index (χ0n) is 10.8. The predicted molar refractivity (Wildman–Crippen MR) is 72.8 cm³/mol. The molecule has 1 fully saturated rings. The summed E-state index contributed by atoms with van der Waals surface area (Å²) < 4.78 is 10.2. The minimum Gasteiger partial charge on any atom is -0.466 e. The number of hydrogen-bond donors (Lipinski definition) is 1. The van der Waals surface area contributed by atoms with E-state index in [1.165, 1.54) is 6.26 Å². The molecule has 1 aliphatic rings. The molecule has 0 aliphatic carbocycles. The number of ether oxygens (including phenoxy) is 1. The second-order valence-electron chi connectivity index (χ2n) is 3.99. The average molecular weight is 288 g/mol. The Labute approximate surface area is 118 Å². The van der Waals surface area contributed by atoms with E-state index in [1.807, 2.05) is 11.8 Å². The number of halogens is 1. The van der Waals surface area contributed by atoms with Gasteiger partial charge in [-0.15, -0.1) is 12.4 Å². The van der Waals surface area contributed by atoms with Crippen molar-refractivity contribution in [3.63, 3.8) is 0 Å². The van der Waals surface area contributed by atoms with Gasteiger partial charge in [-0.05, 0) is 19.1 Å². The highest BCUT2D eigenvalue weighted by Crippen LogP contribution is 2.09. The smallest absolute Gasteiger partial charge is 0.289 e. The third-order valence-corrected chi connectivity index (χ3v) is 2.87. The second-order valence-corrected chi connectivity index (χ2v) is 3.99. The Morgan fingerprint density at radius 3 is 2.53 bits per heavy atom. The molecule has 106 valence electrons. The minimum atomic E-state index is -0.0948. The van der Waals surface area contributed by atoms with Crippen molar-refractivity contribution in [3.05, 3.63) is 24.2 Å². The Hall–Kier alpha value is -1.69. The number of amidine groups is 1. The fourth-order valence-corrected chi connectivity index (χ4v) is 1.90. The van der Waals surface area contributed by atoms with E-state index < -0.39 is 0 Å². The summed E-state index contributed by atoms with van der Waals surface area (Å²) in [4.78, 5) is 15.6. The lowest BCUT2D eigenvalue weighted by molar-refractivity contribution is 0.0638. The van der Waals surface area contributed by atoms with Crippen molar-refractivity contribution < 1.29 is 13.9 Å². The molecule has 0 unspecified atom stereocenters. The molecule has 0 bridgehead atoms. The standard InChI is InChI=1S/C12H17N3O3.ClH/c1-2-17-12(13)15-7-5-14(6-8-15)11(16)10-4-3-9-18-10;/h3-4,9,13H,2,5-8H2,1H3;1H. The fourth-order valence-electron chi connectivity index (χ4n) is 1.90. The number of hydrogen-bond acceptors (Lipinski definition) is 4. The van der Waals surface area contributed by atoms with Gasteiger partial charge in [-0.1, -0.05) is 0 Å². The van der Waals surface area contributed by atoms with Gasteiger partial charge in [0.25, 0.3) is 11.9 Å². The monoisotopic (exact) mass is 287 g/mol. The third kappa shape index (κ3) is 3.64. The average Bonchev–Trinajstić information content (AvgIpc) is 2.92. The van der Waals surface area contributed by atoms with Crippen LogP contribution in [0, 0.1) is 5.41 Å². The maximum Gasteiger partial charge on any atom is 0.289 e. The molecule has 1 aromatic rings. The molecule has 0 saturated carbocycles. The van der Waals surface area contributed by atoms with Crippen LogP contribution in [0.25, 0.3) is 0 Å². The fraction of sp³-hybridized carbons (Fsp3) is 0.500. The molecule has 2 rings (SSSR count). The van der Waals surface area contributed by atoms with Gasteiger partial charge in [0.2, 0.25) is 0 Å². The largest absolute Gasteiger partial charge is 0.466 e. The van der Waals surface area contributed by atoms with Gasteiger partial charge in [0, 0.05) is 26.2 Å². The van der Waals surface area contributed by atoms with E-state index in [0.29, 0.717) is 38.5 Å². The Morgan fingerprint density at radius 2 is 2.00 bits per heavy atom. The highest BCUT2D eigenvalue weighted by molar-refractivity contribution is 5.91. The number of rotatable bonds is 2. The molecule has 6 nitrogen and oxygen atoms in total. The third-order valence-electron chi connectivity index (χ3n) is 2.87. The van der Waals surface area contributed by atoms with Crippen LogP contribution in [-0.4, -0.2) is 54.5 Å². The Balaban J connectivity index is 0.00000180. The molecule has 1 amide bonds. The van der Waals surface area contributed by atoms with E-state index in [4.69, 9.17) is 14.6 Å². The highest BCUT2D eigenvalue weighted by Gasteiger charge is 2.25. The van der Waals surface area contributed by atoms with E-state index in [0.717, 1.165) is 0 Å². The lowest BCUT2D eigenvalue weighted by Gasteiger charge is -2.34. The number of carbonyl (C=O) groups is 1. The SMILES string of the molecule is CCOC(=N)N1CCN(C(=O)c2ccco2)CC1.Cl. The van der Waals surface area contributed by atoms with E-state index in [9.17, 15) is 4.79 Å². The van der Waals surface area contributed by atoms with Gasteiger partial charge >= 0.3 is 0 Å². The molecule has 2 heterocycles. The zero-order valence-corrected chi connectivity index (χ0v) is 11.6. The Morgan fingerprint density at radius 1 is 1.37 bits per heavy atom. The van der Waals surface area contributed by atoms with Gasteiger partial charge in [-0.2, -0.15) is 0 Å². The summed E-state index contributed by atoms with van der Waals surface area (Å²) >= 11 is 0. The molecule has 0 aromatic carbocycles. The summed E-state index contributed by atoms with van der Waals surface area (Å²) in [6.07, 6.45) is 1.49. The number of piperazine rings is 1. The van der Waals surface area contributed by atoms with E-state index in [1.54, 1.807) is 17.0 Å². The molecule has 0 spiro atoms. The zero-order chi connectivity index (χ0) is 13.0. The normalized spacial score (nSPS) is 14.8. The maximum atomic E-state index is 12.0. The molecule has 0 atom stereocenters. The molecule has 1 saturated heterocycles. The van der Waals surface area contributed by atoms with Crippen LogP contribution in [0.1, 0.15) is 17.5 Å². The van der Waals surface area contributed by atoms with Crippen LogP contribution in [-0.2, 0) is 4.74 Å². The van der Waals surface area contributed by atoms with Crippen LogP contribution in [0.4, 0.5) is 0 Å². The number of nitrogens with zero attached hydrogens (tertiary/aromatic N) is 2. The first-order valence-corrected chi connectivity index (χ1v) is 6.01. The van der Waals surface area contributed by atoms with Crippen LogP contribution in [0.5, 0.6) is 0 Å². The van der Waals surface area contributed by atoms with E-state index in [-0.39, 0.29) is 24.3 Å². The summed E-state index contributed by atoms with van der Waals surface area (Å²) in [6, 6.07) is 3.55. The van der Waals surface area contributed by atoms with Crippen LogP contribution >= 0.6 is 12.4 Å². The van der Waals surface area contributed by atoms with Gasteiger partial charge in [-0.25, -0.2) is 0 Å². The van der Waals surface area contributed by atoms with Crippen LogP contribution in [0.15, 0.2) is 22.8 Å². The minimum absolute atomic E-state index is 0. The predicted octanol–water partition coefficient (Wildman–Crippen LogP) is 1.43. The van der Waals surface area contributed by atoms with Crippen molar-refractivity contribution in [2.75, 3.05) is 32.8 Å². The van der Waals surface area contributed by atoms with Crippen molar-refractivity contribution in [1.82, 2.24) is 9.80 Å². The van der Waals surface area contributed by atoms with Crippen molar-refractivity contribution in [3.8, 4) is 0 Å². The first-order valence-electron chi connectivity index (χ1n) is 6.01. The molecule has 1 aromatic heterocycles. The summed E-state index contributed by atoms with van der Waals surface area (Å²) in [5, 5.41) is 7.68. The first kappa shape index (κ1) is 15.4. The summed E-state index contributed by atoms with van der Waals surface area (Å²) in [5.41, 5.74) is 0. The first-order chi connectivity index (χ1) is 8.72. The molecule has 1 aliphatic heterocycles. The number of carbonyl (C=O) groups excluding carboxylic acids is 1. The van der Waals surface area contributed by atoms with Crippen molar-refractivity contribution in [2.24, 2.45) is 0 Å². The van der Waals surface area contributed by atoms with Gasteiger partial charge in [0.1, 0.15) is 0 Å². The molecule has 19 heavy (non-hydrogen) atoms. The second kappa shape index (κ2) is 7.04. The topological polar surface area (TPSA) is 69.8 Å². The number of furan rings is 1. The van der Waals surface area contributed by atoms with Gasteiger partial charge < -0.3 is 19.0 Å². The highest BCUT2D eigenvalue weighted by atomic mass is 35.5. The molecular formula is C12H18ClN3O3. The van der Waals surface area contributed by atoms with Crippen LogP contribution in [0.3, 0.4) is 0 Å². The van der Waals surface area contributed by atoms with E-state index in [2.05, 4.69) is 0 Å². The maximum absolute atomic E-state index is 12.0. The molecular weight excluding hydrogens is 270 g/mol. The van der Waals surface area contributed by atoms with Crippen LogP contribution < -0.4 is 0 Å². The molecule has 7 heteroatoms. The summed E-state index contributed by atoms with van der Waals surface area (Å²) in [5.74, 6) is 0.269. The van der Waals surface area contributed by atoms with Gasteiger partial charge in [-0.3, -0.25) is 10.2 Å². The van der Waals surface area contributed by atoms with E-state index >= 15 is 0 Å².